The van der Waals surface area contributed by atoms with Crippen LogP contribution in [0.3, 0.4) is 0 Å². The molecule has 0 aliphatic heterocycles. The van der Waals surface area contributed by atoms with E-state index in [1.165, 1.54) is 0 Å². The molecule has 0 N–H and O–H groups in total. The van der Waals surface area contributed by atoms with Crippen molar-refractivity contribution in [1.82, 2.24) is 4.98 Å². The van der Waals surface area contributed by atoms with E-state index in [1.54, 1.807) is 18.5 Å². The van der Waals surface area contributed by atoms with Gasteiger partial charge < -0.3 is 4.74 Å². The lowest BCUT2D eigenvalue weighted by molar-refractivity contribution is 0.171. The van der Waals surface area contributed by atoms with Gasteiger partial charge in [-0.1, -0.05) is 5.92 Å². The maximum atomic E-state index is 5.56. The van der Waals surface area contributed by atoms with E-state index in [-0.39, 0.29) is 0 Å². The second kappa shape index (κ2) is 3.80. The second-order valence-corrected chi connectivity index (χ2v) is 3.92. The first-order valence-electron chi connectivity index (χ1n) is 3.81. The van der Waals surface area contributed by atoms with Crippen molar-refractivity contribution in [3.8, 4) is 18.1 Å². The Kier molecular flexibility index (Phi) is 2.94. The van der Waals surface area contributed by atoms with Gasteiger partial charge in [0.1, 0.15) is 5.75 Å². The Labute approximate surface area is 86.5 Å². The van der Waals surface area contributed by atoms with Gasteiger partial charge in [-0.05, 0) is 35.8 Å². The fraction of sp³-hybridized carbons (Fsp3) is 0.300. The van der Waals surface area contributed by atoms with Crippen LogP contribution in [0.1, 0.15) is 13.8 Å². The molecule has 13 heavy (non-hydrogen) atoms. The molecule has 68 valence electrons. The normalized spacial score (nSPS) is 10.6. The van der Waals surface area contributed by atoms with E-state index in [9.17, 15) is 0 Å². The highest BCUT2D eigenvalue weighted by Gasteiger charge is 2.16. The van der Waals surface area contributed by atoms with Crippen molar-refractivity contribution >= 4 is 15.9 Å². The zero-order valence-corrected chi connectivity index (χ0v) is 9.13. The second-order valence-electron chi connectivity index (χ2n) is 3.06. The first-order chi connectivity index (χ1) is 6.05. The Morgan fingerprint density at radius 2 is 2.31 bits per heavy atom. The van der Waals surface area contributed by atoms with E-state index in [4.69, 9.17) is 11.2 Å². The molecule has 1 heterocycles. The molecule has 0 aromatic carbocycles. The summed E-state index contributed by atoms with van der Waals surface area (Å²) >= 11 is 3.32. The van der Waals surface area contributed by atoms with Crippen molar-refractivity contribution < 1.29 is 4.74 Å². The van der Waals surface area contributed by atoms with E-state index in [0.717, 1.165) is 4.47 Å². The number of terminal acetylenes is 1. The summed E-state index contributed by atoms with van der Waals surface area (Å²) in [6.45, 7) is 3.67. The Balaban J connectivity index is 2.88. The Bertz CT molecular complexity index is 341. The van der Waals surface area contributed by atoms with Crippen LogP contribution < -0.4 is 4.74 Å². The third-order valence-corrected chi connectivity index (χ3v) is 2.04. The molecular formula is C10H10BrNO. The molecule has 0 aliphatic carbocycles. The lowest BCUT2D eigenvalue weighted by Crippen LogP contribution is -2.25. The third-order valence-electron chi connectivity index (χ3n) is 1.45. The number of nitrogens with zero attached hydrogens (tertiary/aromatic N) is 1. The molecule has 0 saturated carbocycles. The van der Waals surface area contributed by atoms with Crippen LogP contribution in [0, 0.1) is 12.3 Å². The minimum Gasteiger partial charge on any atom is -0.474 e. The Morgan fingerprint density at radius 3 is 2.85 bits per heavy atom. The van der Waals surface area contributed by atoms with Gasteiger partial charge >= 0.3 is 0 Å². The summed E-state index contributed by atoms with van der Waals surface area (Å²) in [7, 11) is 0. The van der Waals surface area contributed by atoms with Gasteiger partial charge in [0.15, 0.2) is 5.60 Å². The van der Waals surface area contributed by atoms with Gasteiger partial charge in [-0.25, -0.2) is 0 Å². The van der Waals surface area contributed by atoms with E-state index in [1.807, 2.05) is 13.8 Å². The zero-order chi connectivity index (χ0) is 9.90. The molecule has 1 aromatic heterocycles. The minimum atomic E-state index is -0.593. The average Bonchev–Trinajstić information content (AvgIpc) is 2.09. The largest absolute Gasteiger partial charge is 0.474 e. The predicted octanol–water partition coefficient (Wildman–Crippen LogP) is 2.63. The van der Waals surface area contributed by atoms with Crippen molar-refractivity contribution in [3.63, 3.8) is 0 Å². The quantitative estimate of drug-likeness (QED) is 0.741. The van der Waals surface area contributed by atoms with Crippen LogP contribution in [-0.4, -0.2) is 10.6 Å². The summed E-state index contributed by atoms with van der Waals surface area (Å²) in [5.41, 5.74) is -0.593. The highest BCUT2D eigenvalue weighted by Crippen LogP contribution is 2.26. The molecule has 2 nitrogen and oxygen atoms in total. The molecule has 1 rings (SSSR count). The molecule has 0 atom stereocenters. The summed E-state index contributed by atoms with van der Waals surface area (Å²) in [5.74, 6) is 3.26. The maximum Gasteiger partial charge on any atom is 0.163 e. The SMILES string of the molecule is C#CC(C)(C)Oc1ccncc1Br. The van der Waals surface area contributed by atoms with Gasteiger partial charge in [-0.3, -0.25) is 4.98 Å². The molecule has 0 radical (unpaired) electrons. The van der Waals surface area contributed by atoms with Crippen LogP contribution in [-0.2, 0) is 0 Å². The van der Waals surface area contributed by atoms with Gasteiger partial charge in [0.05, 0.1) is 4.47 Å². The molecule has 0 spiro atoms. The zero-order valence-electron chi connectivity index (χ0n) is 7.54. The summed E-state index contributed by atoms with van der Waals surface area (Å²) in [5, 5.41) is 0. The number of halogens is 1. The average molecular weight is 240 g/mol. The van der Waals surface area contributed by atoms with Crippen LogP contribution in [0.15, 0.2) is 22.9 Å². The lowest BCUT2D eigenvalue weighted by Gasteiger charge is -2.20. The van der Waals surface area contributed by atoms with Crippen molar-refractivity contribution in [2.24, 2.45) is 0 Å². The van der Waals surface area contributed by atoms with Crippen molar-refractivity contribution in [2.45, 2.75) is 19.4 Å². The Morgan fingerprint density at radius 1 is 1.62 bits per heavy atom. The topological polar surface area (TPSA) is 22.1 Å². The first kappa shape index (κ1) is 10.1. The van der Waals surface area contributed by atoms with Gasteiger partial charge in [0.25, 0.3) is 0 Å². The van der Waals surface area contributed by atoms with Crippen molar-refractivity contribution in [3.05, 3.63) is 22.9 Å². The van der Waals surface area contributed by atoms with Gasteiger partial charge in [-0.15, -0.1) is 6.42 Å². The highest BCUT2D eigenvalue weighted by molar-refractivity contribution is 9.10. The maximum absolute atomic E-state index is 5.56. The first-order valence-corrected chi connectivity index (χ1v) is 4.61. The summed E-state index contributed by atoms with van der Waals surface area (Å²) in [6.07, 6.45) is 8.63. The number of pyridine rings is 1. The lowest BCUT2D eigenvalue weighted by atomic mass is 10.1. The predicted molar refractivity (Wildman–Crippen MR) is 55.5 cm³/mol. The van der Waals surface area contributed by atoms with Crippen molar-refractivity contribution in [1.29, 1.82) is 0 Å². The minimum absolute atomic E-state index is 0.593. The Hall–Kier alpha value is -1.01. The summed E-state index contributed by atoms with van der Waals surface area (Å²) < 4.78 is 6.36. The molecule has 0 amide bonds. The van der Waals surface area contributed by atoms with E-state index in [2.05, 4.69) is 26.8 Å². The molecule has 0 aliphatic rings. The molecule has 0 saturated heterocycles. The van der Waals surface area contributed by atoms with E-state index >= 15 is 0 Å². The molecule has 0 fully saturated rings. The van der Waals surface area contributed by atoms with Crippen LogP contribution in [0.2, 0.25) is 0 Å². The van der Waals surface area contributed by atoms with Gasteiger partial charge in [-0.2, -0.15) is 0 Å². The third kappa shape index (κ3) is 2.74. The summed E-state index contributed by atoms with van der Waals surface area (Å²) in [6, 6.07) is 1.77. The molecule has 1 aromatic rings. The van der Waals surface area contributed by atoms with Crippen LogP contribution in [0.5, 0.6) is 5.75 Å². The van der Waals surface area contributed by atoms with Crippen LogP contribution in [0.25, 0.3) is 0 Å². The molecule has 0 unspecified atom stereocenters. The van der Waals surface area contributed by atoms with Gasteiger partial charge in [0.2, 0.25) is 0 Å². The smallest absolute Gasteiger partial charge is 0.163 e. The van der Waals surface area contributed by atoms with Crippen molar-refractivity contribution in [2.75, 3.05) is 0 Å². The van der Waals surface area contributed by atoms with Crippen LogP contribution in [0.4, 0.5) is 0 Å². The van der Waals surface area contributed by atoms with Gasteiger partial charge in [0, 0.05) is 12.4 Å². The number of rotatable bonds is 2. The highest BCUT2D eigenvalue weighted by atomic mass is 79.9. The fourth-order valence-electron chi connectivity index (χ4n) is 0.750. The fourth-order valence-corrected chi connectivity index (χ4v) is 1.08. The monoisotopic (exact) mass is 239 g/mol. The number of hydrogen-bond acceptors (Lipinski definition) is 2. The number of aromatic nitrogens is 1. The van der Waals surface area contributed by atoms with E-state index in [0.29, 0.717) is 5.75 Å². The summed E-state index contributed by atoms with van der Waals surface area (Å²) in [4.78, 5) is 3.92. The molecule has 3 heteroatoms. The number of hydrogen-bond donors (Lipinski definition) is 0. The molecule has 0 bridgehead atoms. The number of ether oxygens (including phenoxy) is 1. The standard InChI is InChI=1S/C10H10BrNO/c1-4-10(2,3)13-9-5-6-12-7-8(9)11/h1,5-7H,2-3H3. The van der Waals surface area contributed by atoms with Crippen LogP contribution >= 0.6 is 15.9 Å². The molecular weight excluding hydrogens is 230 g/mol. The van der Waals surface area contributed by atoms with E-state index < -0.39 is 5.60 Å².